The Hall–Kier alpha value is -3.20. The SMILES string of the molecule is CN(C)C(=O)c1ccc(C2CCC(N3CC[C@@H](CC(=O)CNC(=O)c4cccc(C(F)(F)F)c4)C3)CC2)cc1. The second-order valence-electron chi connectivity index (χ2n) is 11.0. The van der Waals surface area contributed by atoms with Crippen LogP contribution in [-0.4, -0.2) is 67.2 Å². The number of hydrogen-bond donors (Lipinski definition) is 1. The number of rotatable bonds is 8. The molecule has 2 amide bonds. The molecule has 1 saturated carbocycles. The number of nitrogens with zero attached hydrogens (tertiary/aromatic N) is 2. The quantitative estimate of drug-likeness (QED) is 0.501. The van der Waals surface area contributed by atoms with E-state index >= 15 is 0 Å². The first kappa shape index (κ1) is 28.8. The van der Waals surface area contributed by atoms with Crippen LogP contribution in [-0.2, 0) is 11.0 Å². The van der Waals surface area contributed by atoms with E-state index in [0.717, 1.165) is 57.3 Å². The maximum absolute atomic E-state index is 12.9. The molecule has 210 valence electrons. The number of nitrogens with one attached hydrogen (secondary N) is 1. The van der Waals surface area contributed by atoms with Gasteiger partial charge in [0.2, 0.25) is 0 Å². The van der Waals surface area contributed by atoms with Gasteiger partial charge in [0.1, 0.15) is 0 Å². The van der Waals surface area contributed by atoms with Crippen molar-refractivity contribution in [3.05, 3.63) is 70.8 Å². The fourth-order valence-electron chi connectivity index (χ4n) is 5.80. The monoisotopic (exact) mass is 543 g/mol. The third-order valence-corrected chi connectivity index (χ3v) is 7.98. The van der Waals surface area contributed by atoms with E-state index in [9.17, 15) is 27.6 Å². The van der Waals surface area contributed by atoms with Gasteiger partial charge in [0.15, 0.2) is 5.78 Å². The first-order valence-electron chi connectivity index (χ1n) is 13.5. The summed E-state index contributed by atoms with van der Waals surface area (Å²) in [5.74, 6) is -0.0710. The van der Waals surface area contributed by atoms with E-state index < -0.39 is 17.6 Å². The minimum Gasteiger partial charge on any atom is -0.345 e. The summed E-state index contributed by atoms with van der Waals surface area (Å²) in [6.45, 7) is 1.62. The maximum Gasteiger partial charge on any atom is 0.416 e. The number of alkyl halides is 3. The smallest absolute Gasteiger partial charge is 0.345 e. The molecule has 6 nitrogen and oxygen atoms in total. The molecule has 1 N–H and O–H groups in total. The third-order valence-electron chi connectivity index (χ3n) is 7.98. The average Bonchev–Trinajstić information content (AvgIpc) is 3.39. The number of benzene rings is 2. The lowest BCUT2D eigenvalue weighted by atomic mass is 9.81. The normalized spacial score (nSPS) is 21.9. The van der Waals surface area contributed by atoms with Crippen LogP contribution in [0.3, 0.4) is 0 Å². The van der Waals surface area contributed by atoms with Gasteiger partial charge in [-0.15, -0.1) is 0 Å². The van der Waals surface area contributed by atoms with Gasteiger partial charge < -0.3 is 15.1 Å². The van der Waals surface area contributed by atoms with Gasteiger partial charge in [0.05, 0.1) is 12.1 Å². The summed E-state index contributed by atoms with van der Waals surface area (Å²) in [7, 11) is 3.50. The van der Waals surface area contributed by atoms with Crippen molar-refractivity contribution in [1.82, 2.24) is 15.1 Å². The highest BCUT2D eigenvalue weighted by molar-refractivity contribution is 5.97. The van der Waals surface area contributed by atoms with Crippen LogP contribution in [0.25, 0.3) is 0 Å². The van der Waals surface area contributed by atoms with Gasteiger partial charge in [-0.2, -0.15) is 13.2 Å². The van der Waals surface area contributed by atoms with Gasteiger partial charge in [0, 0.05) is 44.2 Å². The highest BCUT2D eigenvalue weighted by Crippen LogP contribution is 2.37. The Morgan fingerprint density at radius 2 is 1.64 bits per heavy atom. The number of ketones is 1. The van der Waals surface area contributed by atoms with Gasteiger partial charge in [-0.05, 0) is 86.4 Å². The minimum atomic E-state index is -4.53. The number of amides is 2. The maximum atomic E-state index is 12.9. The van der Waals surface area contributed by atoms with Crippen molar-refractivity contribution < 1.29 is 27.6 Å². The highest BCUT2D eigenvalue weighted by atomic mass is 19.4. The summed E-state index contributed by atoms with van der Waals surface area (Å²) in [6.07, 6.45) is 1.12. The van der Waals surface area contributed by atoms with Crippen LogP contribution in [0.4, 0.5) is 13.2 Å². The summed E-state index contributed by atoms with van der Waals surface area (Å²) >= 11 is 0. The van der Waals surface area contributed by atoms with Crippen molar-refractivity contribution in [3.8, 4) is 0 Å². The second kappa shape index (κ2) is 12.3. The molecule has 0 spiro atoms. The van der Waals surface area contributed by atoms with Crippen LogP contribution in [0.5, 0.6) is 0 Å². The zero-order valence-electron chi connectivity index (χ0n) is 22.5. The molecule has 0 bridgehead atoms. The summed E-state index contributed by atoms with van der Waals surface area (Å²) in [5.41, 5.74) is 0.973. The molecule has 0 radical (unpaired) electrons. The Labute approximate surface area is 227 Å². The number of hydrogen-bond acceptors (Lipinski definition) is 4. The molecular weight excluding hydrogens is 507 g/mol. The van der Waals surface area contributed by atoms with Crippen molar-refractivity contribution in [2.45, 2.75) is 56.7 Å². The van der Waals surface area contributed by atoms with Crippen molar-refractivity contribution >= 4 is 17.6 Å². The Bertz CT molecular complexity index is 1170. The lowest BCUT2D eigenvalue weighted by Gasteiger charge is -2.35. The fraction of sp³-hybridized carbons (Fsp3) is 0.500. The van der Waals surface area contributed by atoms with Crippen LogP contribution >= 0.6 is 0 Å². The second-order valence-corrected chi connectivity index (χ2v) is 11.0. The third kappa shape index (κ3) is 7.47. The molecule has 2 aromatic carbocycles. The molecule has 2 aliphatic rings. The summed E-state index contributed by atoms with van der Waals surface area (Å²) in [6, 6.07) is 12.7. The predicted molar refractivity (Wildman–Crippen MR) is 143 cm³/mol. The predicted octanol–water partition coefficient (Wildman–Crippen LogP) is 5.14. The zero-order chi connectivity index (χ0) is 28.2. The number of halogens is 3. The first-order chi connectivity index (χ1) is 18.5. The molecule has 0 aromatic heterocycles. The summed E-state index contributed by atoms with van der Waals surface area (Å²) in [5, 5.41) is 2.47. The molecule has 1 aliphatic heterocycles. The minimum absolute atomic E-state index is 0.00502. The van der Waals surface area contributed by atoms with E-state index in [1.165, 1.54) is 17.7 Å². The summed E-state index contributed by atoms with van der Waals surface area (Å²) < 4.78 is 38.7. The van der Waals surface area contributed by atoms with Gasteiger partial charge >= 0.3 is 6.18 Å². The Kier molecular flexibility index (Phi) is 9.10. The number of likely N-dealkylation sites (tertiary alicyclic amines) is 1. The first-order valence-corrected chi connectivity index (χ1v) is 13.5. The molecule has 1 atom stereocenters. The molecule has 1 saturated heterocycles. The molecular formula is C30H36F3N3O3. The lowest BCUT2D eigenvalue weighted by molar-refractivity contribution is -0.137. The van der Waals surface area contributed by atoms with Crippen molar-refractivity contribution in [3.63, 3.8) is 0 Å². The Morgan fingerprint density at radius 1 is 0.949 bits per heavy atom. The largest absolute Gasteiger partial charge is 0.416 e. The number of carbonyl (C=O) groups excluding carboxylic acids is 3. The molecule has 4 rings (SSSR count). The molecule has 2 aromatic rings. The van der Waals surface area contributed by atoms with Gasteiger partial charge in [0.25, 0.3) is 11.8 Å². The molecule has 2 fully saturated rings. The van der Waals surface area contributed by atoms with Crippen LogP contribution in [0.15, 0.2) is 48.5 Å². The van der Waals surface area contributed by atoms with Crippen LogP contribution in [0, 0.1) is 5.92 Å². The molecule has 0 unspecified atom stereocenters. The van der Waals surface area contributed by atoms with E-state index in [2.05, 4.69) is 22.3 Å². The molecule has 1 heterocycles. The summed E-state index contributed by atoms with van der Waals surface area (Å²) in [4.78, 5) is 41.0. The van der Waals surface area contributed by atoms with Gasteiger partial charge in [-0.25, -0.2) is 0 Å². The average molecular weight is 544 g/mol. The Morgan fingerprint density at radius 3 is 2.28 bits per heavy atom. The zero-order valence-corrected chi connectivity index (χ0v) is 22.5. The van der Waals surface area contributed by atoms with Crippen LogP contribution < -0.4 is 5.32 Å². The molecule has 9 heteroatoms. The van der Waals surface area contributed by atoms with E-state index in [4.69, 9.17) is 0 Å². The topological polar surface area (TPSA) is 69.7 Å². The van der Waals surface area contributed by atoms with E-state index in [0.29, 0.717) is 23.9 Å². The van der Waals surface area contributed by atoms with Gasteiger partial charge in [-0.1, -0.05) is 18.2 Å². The van der Waals surface area contributed by atoms with Crippen molar-refractivity contribution in [2.75, 3.05) is 33.7 Å². The van der Waals surface area contributed by atoms with Gasteiger partial charge in [-0.3, -0.25) is 14.4 Å². The van der Waals surface area contributed by atoms with E-state index in [1.807, 2.05) is 12.1 Å². The Balaban J connectivity index is 1.19. The van der Waals surface area contributed by atoms with Crippen molar-refractivity contribution in [1.29, 1.82) is 0 Å². The lowest BCUT2D eigenvalue weighted by Crippen LogP contribution is -2.36. The van der Waals surface area contributed by atoms with E-state index in [1.54, 1.807) is 19.0 Å². The number of carbonyl (C=O) groups is 3. The molecule has 39 heavy (non-hydrogen) atoms. The highest BCUT2D eigenvalue weighted by Gasteiger charge is 2.33. The molecule has 1 aliphatic carbocycles. The van der Waals surface area contributed by atoms with E-state index in [-0.39, 0.29) is 29.7 Å². The standard InChI is InChI=1S/C30H36F3N3O3/c1-35(2)29(39)23-8-6-21(7-9-23)22-10-12-26(13-11-22)36-15-14-20(19-36)16-27(37)18-34-28(38)24-4-3-5-25(17-24)30(31,32)33/h3-9,17,20,22,26H,10-16,18-19H2,1-2H3,(H,34,38)/t20-,22?,26?/m0/s1. The number of Topliss-reactive ketones (excluding diaryl/α,β-unsaturated/α-hetero) is 1. The van der Waals surface area contributed by atoms with Crippen LogP contribution in [0.2, 0.25) is 0 Å². The van der Waals surface area contributed by atoms with Crippen molar-refractivity contribution in [2.24, 2.45) is 5.92 Å². The fourth-order valence-corrected chi connectivity index (χ4v) is 5.80. The van der Waals surface area contributed by atoms with Crippen LogP contribution in [0.1, 0.15) is 76.3 Å².